The summed E-state index contributed by atoms with van der Waals surface area (Å²) in [5.74, 6) is 0.778. The van der Waals surface area contributed by atoms with Crippen molar-refractivity contribution >= 4 is 6.09 Å². The third-order valence-corrected chi connectivity index (χ3v) is 6.25. The molecule has 2 heterocycles. The molecule has 1 atom stereocenters. The minimum absolute atomic E-state index is 0.302. The average Bonchev–Trinajstić information content (AvgIpc) is 3.11. The maximum atomic E-state index is 12.2. The molecule has 1 aliphatic rings. The number of ether oxygens (including phenoxy) is 1. The van der Waals surface area contributed by atoms with Crippen LogP contribution in [0.4, 0.5) is 4.79 Å². The van der Waals surface area contributed by atoms with Gasteiger partial charge in [0.15, 0.2) is 0 Å². The second kappa shape index (κ2) is 8.01. The lowest BCUT2D eigenvalue weighted by Crippen LogP contribution is -2.44. The van der Waals surface area contributed by atoms with Crippen LogP contribution in [0.15, 0.2) is 42.5 Å². The van der Waals surface area contributed by atoms with Crippen LogP contribution in [0, 0.1) is 19.3 Å². The summed E-state index contributed by atoms with van der Waals surface area (Å²) in [4.78, 5) is 13.8. The molecule has 1 aliphatic heterocycles. The van der Waals surface area contributed by atoms with Crippen LogP contribution in [0.1, 0.15) is 49.2 Å². The van der Waals surface area contributed by atoms with Crippen molar-refractivity contribution in [2.24, 2.45) is 5.41 Å². The van der Waals surface area contributed by atoms with E-state index < -0.39 is 6.09 Å². The highest BCUT2D eigenvalue weighted by atomic mass is 16.5. The molecule has 1 unspecified atom stereocenters. The molecule has 0 radical (unpaired) electrons. The monoisotopic (exact) mass is 433 g/mol. The lowest BCUT2D eigenvalue weighted by Gasteiger charge is -2.42. The van der Waals surface area contributed by atoms with Crippen LogP contribution in [0.25, 0.3) is 16.9 Å². The Hall–Kier alpha value is -3.28. The number of aromatic nitrogens is 2. The highest BCUT2D eigenvalue weighted by Gasteiger charge is 2.43. The summed E-state index contributed by atoms with van der Waals surface area (Å²) in [6.07, 6.45) is -0.300. The van der Waals surface area contributed by atoms with Gasteiger partial charge in [-0.3, -0.25) is 0 Å². The zero-order valence-corrected chi connectivity index (χ0v) is 19.6. The Labute approximate surface area is 189 Å². The van der Waals surface area contributed by atoms with Gasteiger partial charge in [-0.15, -0.1) is 0 Å². The average molecular weight is 434 g/mol. The standard InChI is InChI=1S/C26H31N3O3/c1-16-8-7-9-17(2)22(16)29-23(18-10-12-19(32-6)13-11-18)21-20(27-29)14-15-28(25(30)31)24(21)26(3,4)5/h7-13,24H,14-15H2,1-6H3,(H,30,31). The molecule has 6 nitrogen and oxygen atoms in total. The van der Waals surface area contributed by atoms with E-state index >= 15 is 0 Å². The first-order chi connectivity index (χ1) is 15.1. The maximum Gasteiger partial charge on any atom is 0.407 e. The number of para-hydroxylation sites is 1. The lowest BCUT2D eigenvalue weighted by atomic mass is 9.77. The third-order valence-electron chi connectivity index (χ3n) is 6.25. The first kappa shape index (κ1) is 21.9. The molecule has 0 bridgehead atoms. The normalized spacial score (nSPS) is 16.1. The van der Waals surface area contributed by atoms with Crippen LogP contribution in [0.3, 0.4) is 0 Å². The molecular formula is C26H31N3O3. The topological polar surface area (TPSA) is 67.6 Å². The van der Waals surface area contributed by atoms with Crippen molar-refractivity contribution in [3.05, 3.63) is 64.8 Å². The molecule has 0 saturated heterocycles. The van der Waals surface area contributed by atoms with Crippen LogP contribution >= 0.6 is 0 Å². The molecule has 1 N–H and O–H groups in total. The SMILES string of the molecule is COc1ccc(-c2c3c(nn2-c2c(C)cccc2C)CCN(C(=O)O)C3C(C)(C)C)cc1. The first-order valence-corrected chi connectivity index (χ1v) is 11.0. The quantitative estimate of drug-likeness (QED) is 0.568. The molecule has 1 aromatic heterocycles. The Morgan fingerprint density at radius 2 is 1.72 bits per heavy atom. The second-order valence-electron chi connectivity index (χ2n) is 9.58. The zero-order chi connectivity index (χ0) is 23.2. The van der Waals surface area contributed by atoms with E-state index in [0.29, 0.717) is 13.0 Å². The van der Waals surface area contributed by atoms with Gasteiger partial charge in [-0.1, -0.05) is 39.0 Å². The van der Waals surface area contributed by atoms with Gasteiger partial charge in [0.2, 0.25) is 0 Å². The van der Waals surface area contributed by atoms with Gasteiger partial charge in [0.25, 0.3) is 0 Å². The van der Waals surface area contributed by atoms with E-state index in [1.165, 1.54) is 0 Å². The number of fused-ring (bicyclic) bond motifs is 1. The fourth-order valence-electron chi connectivity index (χ4n) is 4.89. The van der Waals surface area contributed by atoms with E-state index in [9.17, 15) is 9.90 Å². The Bertz CT molecular complexity index is 1140. The second-order valence-corrected chi connectivity index (χ2v) is 9.58. The predicted molar refractivity (Wildman–Crippen MR) is 126 cm³/mol. The van der Waals surface area contributed by atoms with Gasteiger partial charge in [0.1, 0.15) is 5.75 Å². The van der Waals surface area contributed by atoms with E-state index in [4.69, 9.17) is 9.84 Å². The summed E-state index contributed by atoms with van der Waals surface area (Å²) in [5, 5.41) is 15.1. The minimum Gasteiger partial charge on any atom is -0.497 e. The molecule has 32 heavy (non-hydrogen) atoms. The Balaban J connectivity index is 2.07. The van der Waals surface area contributed by atoms with Crippen molar-refractivity contribution in [3.63, 3.8) is 0 Å². The largest absolute Gasteiger partial charge is 0.497 e. The van der Waals surface area contributed by atoms with E-state index in [1.807, 2.05) is 28.9 Å². The molecule has 1 amide bonds. The number of hydrogen-bond donors (Lipinski definition) is 1. The first-order valence-electron chi connectivity index (χ1n) is 11.0. The van der Waals surface area contributed by atoms with Gasteiger partial charge < -0.3 is 14.7 Å². The molecule has 0 aliphatic carbocycles. The number of methoxy groups -OCH3 is 1. The lowest BCUT2D eigenvalue weighted by molar-refractivity contribution is 0.0760. The van der Waals surface area contributed by atoms with Crippen molar-refractivity contribution in [1.29, 1.82) is 0 Å². The van der Waals surface area contributed by atoms with Crippen LogP contribution < -0.4 is 4.74 Å². The van der Waals surface area contributed by atoms with Gasteiger partial charge in [0, 0.05) is 24.1 Å². The minimum atomic E-state index is -0.893. The summed E-state index contributed by atoms with van der Waals surface area (Å²) in [7, 11) is 1.65. The fourth-order valence-corrected chi connectivity index (χ4v) is 4.89. The van der Waals surface area contributed by atoms with Crippen LogP contribution in [0.5, 0.6) is 5.75 Å². The summed E-state index contributed by atoms with van der Waals surface area (Å²) in [5.41, 5.74) is 6.90. The summed E-state index contributed by atoms with van der Waals surface area (Å²) < 4.78 is 7.40. The van der Waals surface area contributed by atoms with Gasteiger partial charge in [0.05, 0.1) is 30.2 Å². The maximum absolute atomic E-state index is 12.2. The van der Waals surface area contributed by atoms with Crippen molar-refractivity contribution < 1.29 is 14.6 Å². The van der Waals surface area contributed by atoms with Crippen molar-refractivity contribution in [3.8, 4) is 22.7 Å². The molecule has 6 heteroatoms. The van der Waals surface area contributed by atoms with E-state index in [1.54, 1.807) is 12.0 Å². The molecule has 4 rings (SSSR count). The summed E-state index contributed by atoms with van der Waals surface area (Å²) >= 11 is 0. The van der Waals surface area contributed by atoms with Crippen LogP contribution in [-0.2, 0) is 6.42 Å². The molecule has 0 spiro atoms. The number of aryl methyl sites for hydroxylation is 2. The number of carbonyl (C=O) groups is 1. The molecule has 3 aromatic rings. The van der Waals surface area contributed by atoms with E-state index in [2.05, 4.69) is 52.8 Å². The number of carboxylic acid groups (broad SMARTS) is 1. The Morgan fingerprint density at radius 1 is 1.09 bits per heavy atom. The Kier molecular flexibility index (Phi) is 5.49. The van der Waals surface area contributed by atoms with Crippen LogP contribution in [-0.4, -0.2) is 39.5 Å². The summed E-state index contributed by atoms with van der Waals surface area (Å²) in [6.45, 7) is 10.9. The smallest absolute Gasteiger partial charge is 0.407 e. The number of nitrogens with zero attached hydrogens (tertiary/aromatic N) is 3. The van der Waals surface area contributed by atoms with Gasteiger partial charge in [-0.2, -0.15) is 5.10 Å². The van der Waals surface area contributed by atoms with Crippen molar-refractivity contribution in [1.82, 2.24) is 14.7 Å². The van der Waals surface area contributed by atoms with Gasteiger partial charge in [-0.25, -0.2) is 9.48 Å². The number of amides is 1. The highest BCUT2D eigenvalue weighted by molar-refractivity contribution is 5.73. The van der Waals surface area contributed by atoms with Crippen molar-refractivity contribution in [2.75, 3.05) is 13.7 Å². The molecule has 168 valence electrons. The zero-order valence-electron chi connectivity index (χ0n) is 19.6. The number of hydrogen-bond acceptors (Lipinski definition) is 3. The van der Waals surface area contributed by atoms with Crippen molar-refractivity contribution in [2.45, 2.75) is 47.1 Å². The van der Waals surface area contributed by atoms with Gasteiger partial charge >= 0.3 is 6.09 Å². The fraction of sp³-hybridized carbons (Fsp3) is 0.385. The molecule has 0 saturated carbocycles. The highest BCUT2D eigenvalue weighted by Crippen LogP contribution is 2.47. The molecular weight excluding hydrogens is 402 g/mol. The Morgan fingerprint density at radius 3 is 2.25 bits per heavy atom. The predicted octanol–water partition coefficient (Wildman–Crippen LogP) is 5.79. The van der Waals surface area contributed by atoms with E-state index in [-0.39, 0.29) is 11.5 Å². The van der Waals surface area contributed by atoms with Crippen LogP contribution in [0.2, 0.25) is 0 Å². The molecule has 2 aromatic carbocycles. The summed E-state index contributed by atoms with van der Waals surface area (Å²) in [6, 6.07) is 13.9. The van der Waals surface area contributed by atoms with Gasteiger partial charge in [-0.05, 0) is 54.7 Å². The third kappa shape index (κ3) is 3.64. The number of rotatable bonds is 3. The number of benzene rings is 2. The molecule has 0 fully saturated rings. The van der Waals surface area contributed by atoms with E-state index in [0.717, 1.165) is 45.1 Å².